The molecule has 21 heavy (non-hydrogen) atoms. The van der Waals surface area contributed by atoms with E-state index in [0.29, 0.717) is 5.92 Å². The molecule has 1 amide bonds. The molecular formula is C15H18N4OS. The molecule has 6 heteroatoms. The van der Waals surface area contributed by atoms with E-state index in [-0.39, 0.29) is 5.91 Å². The lowest BCUT2D eigenvalue weighted by Crippen LogP contribution is -2.39. The molecule has 1 N–H and O–H groups in total. The van der Waals surface area contributed by atoms with Crippen molar-refractivity contribution in [1.82, 2.24) is 15.3 Å². The predicted molar refractivity (Wildman–Crippen MR) is 83.6 cm³/mol. The first-order chi connectivity index (χ1) is 10.3. The lowest BCUT2D eigenvalue weighted by Gasteiger charge is -2.31. The van der Waals surface area contributed by atoms with Crippen molar-refractivity contribution in [2.75, 3.05) is 24.5 Å². The standard InChI is InChI=1S/C15H18N4OS/c20-14(13-3-1-10-21-13)18-11-12-4-8-19(9-5-12)15-16-6-2-7-17-15/h1-3,6-7,10,12H,4-5,8-9,11H2,(H,18,20). The highest BCUT2D eigenvalue weighted by Gasteiger charge is 2.21. The molecule has 0 aromatic carbocycles. The second-order valence-corrected chi connectivity index (χ2v) is 6.11. The van der Waals surface area contributed by atoms with E-state index in [1.54, 1.807) is 12.4 Å². The Morgan fingerprint density at radius 1 is 1.29 bits per heavy atom. The van der Waals surface area contributed by atoms with Gasteiger partial charge in [-0.1, -0.05) is 6.07 Å². The summed E-state index contributed by atoms with van der Waals surface area (Å²) in [7, 11) is 0. The number of amides is 1. The van der Waals surface area contributed by atoms with Crippen molar-refractivity contribution in [2.24, 2.45) is 5.92 Å². The van der Waals surface area contributed by atoms with Gasteiger partial charge in [-0.25, -0.2) is 9.97 Å². The van der Waals surface area contributed by atoms with Crippen LogP contribution in [0.5, 0.6) is 0 Å². The summed E-state index contributed by atoms with van der Waals surface area (Å²) in [5.74, 6) is 1.38. The fourth-order valence-corrected chi connectivity index (χ4v) is 3.16. The summed E-state index contributed by atoms with van der Waals surface area (Å²) in [6, 6.07) is 5.59. The lowest BCUT2D eigenvalue weighted by molar-refractivity contribution is 0.0949. The van der Waals surface area contributed by atoms with Gasteiger partial charge in [0.1, 0.15) is 0 Å². The van der Waals surface area contributed by atoms with Crippen LogP contribution in [0.4, 0.5) is 5.95 Å². The molecule has 1 saturated heterocycles. The van der Waals surface area contributed by atoms with Crippen molar-refractivity contribution in [1.29, 1.82) is 0 Å². The van der Waals surface area contributed by atoms with Gasteiger partial charge in [0.15, 0.2) is 0 Å². The van der Waals surface area contributed by atoms with Crippen LogP contribution in [-0.4, -0.2) is 35.5 Å². The van der Waals surface area contributed by atoms with Crippen molar-refractivity contribution in [2.45, 2.75) is 12.8 Å². The minimum Gasteiger partial charge on any atom is -0.351 e. The van der Waals surface area contributed by atoms with Crippen molar-refractivity contribution in [3.05, 3.63) is 40.8 Å². The molecule has 1 fully saturated rings. The van der Waals surface area contributed by atoms with Crippen LogP contribution in [0.25, 0.3) is 0 Å². The number of anilines is 1. The zero-order valence-electron chi connectivity index (χ0n) is 11.7. The number of carbonyl (C=O) groups is 1. The zero-order chi connectivity index (χ0) is 14.5. The normalized spacial score (nSPS) is 15.9. The van der Waals surface area contributed by atoms with Gasteiger partial charge in [0.2, 0.25) is 5.95 Å². The van der Waals surface area contributed by atoms with Crippen LogP contribution in [-0.2, 0) is 0 Å². The van der Waals surface area contributed by atoms with Crippen LogP contribution >= 0.6 is 11.3 Å². The average molecular weight is 302 g/mol. The molecular weight excluding hydrogens is 284 g/mol. The van der Waals surface area contributed by atoms with E-state index in [2.05, 4.69) is 20.2 Å². The minimum atomic E-state index is 0.0406. The van der Waals surface area contributed by atoms with E-state index < -0.39 is 0 Å². The van der Waals surface area contributed by atoms with Crippen molar-refractivity contribution < 1.29 is 4.79 Å². The van der Waals surface area contributed by atoms with E-state index >= 15 is 0 Å². The van der Waals surface area contributed by atoms with E-state index in [1.165, 1.54) is 11.3 Å². The number of hydrogen-bond acceptors (Lipinski definition) is 5. The maximum atomic E-state index is 11.9. The van der Waals surface area contributed by atoms with E-state index in [9.17, 15) is 4.79 Å². The average Bonchev–Trinajstić information content (AvgIpc) is 3.08. The molecule has 2 aromatic rings. The lowest BCUT2D eigenvalue weighted by atomic mass is 9.97. The summed E-state index contributed by atoms with van der Waals surface area (Å²) in [4.78, 5) is 23.5. The highest BCUT2D eigenvalue weighted by atomic mass is 32.1. The maximum Gasteiger partial charge on any atom is 0.261 e. The van der Waals surface area contributed by atoms with E-state index in [4.69, 9.17) is 0 Å². The molecule has 110 valence electrons. The molecule has 0 aliphatic carbocycles. The number of rotatable bonds is 4. The van der Waals surface area contributed by atoms with Gasteiger partial charge in [-0.05, 0) is 36.3 Å². The van der Waals surface area contributed by atoms with Gasteiger partial charge in [0.05, 0.1) is 4.88 Å². The molecule has 1 aliphatic rings. The summed E-state index contributed by atoms with van der Waals surface area (Å²) < 4.78 is 0. The Bertz CT molecular complexity index is 565. The molecule has 2 aromatic heterocycles. The summed E-state index contributed by atoms with van der Waals surface area (Å²) >= 11 is 1.48. The predicted octanol–water partition coefficient (Wildman–Crippen LogP) is 2.18. The van der Waals surface area contributed by atoms with Crippen molar-refractivity contribution in [3.63, 3.8) is 0 Å². The van der Waals surface area contributed by atoms with E-state index in [0.717, 1.165) is 43.3 Å². The second kappa shape index (κ2) is 6.67. The summed E-state index contributed by atoms with van der Waals surface area (Å²) in [6.45, 7) is 2.65. The van der Waals surface area contributed by atoms with E-state index in [1.807, 2.05) is 23.6 Å². The number of piperidine rings is 1. The van der Waals surface area contributed by atoms with Gasteiger partial charge in [-0.3, -0.25) is 4.79 Å². The Kier molecular flexibility index (Phi) is 4.45. The van der Waals surface area contributed by atoms with Gasteiger partial charge in [0.25, 0.3) is 5.91 Å². The third-order valence-corrected chi connectivity index (χ3v) is 4.61. The van der Waals surface area contributed by atoms with Gasteiger partial charge >= 0.3 is 0 Å². The first kappa shape index (κ1) is 14.0. The Morgan fingerprint density at radius 2 is 2.05 bits per heavy atom. The Morgan fingerprint density at radius 3 is 2.71 bits per heavy atom. The molecule has 1 aliphatic heterocycles. The monoisotopic (exact) mass is 302 g/mol. The fraction of sp³-hybridized carbons (Fsp3) is 0.400. The highest BCUT2D eigenvalue weighted by molar-refractivity contribution is 7.12. The molecule has 3 heterocycles. The van der Waals surface area contributed by atoms with Gasteiger partial charge in [-0.2, -0.15) is 0 Å². The summed E-state index contributed by atoms with van der Waals surface area (Å²) in [5.41, 5.74) is 0. The molecule has 0 spiro atoms. The van der Waals surface area contributed by atoms with Gasteiger partial charge < -0.3 is 10.2 Å². The van der Waals surface area contributed by atoms with Crippen LogP contribution in [0.2, 0.25) is 0 Å². The van der Waals surface area contributed by atoms with Crippen LogP contribution in [0.1, 0.15) is 22.5 Å². The number of nitrogens with one attached hydrogen (secondary N) is 1. The zero-order valence-corrected chi connectivity index (χ0v) is 12.6. The molecule has 5 nitrogen and oxygen atoms in total. The smallest absolute Gasteiger partial charge is 0.261 e. The SMILES string of the molecule is O=C(NCC1CCN(c2ncccn2)CC1)c1cccs1. The van der Waals surface area contributed by atoms with Crippen LogP contribution < -0.4 is 10.2 Å². The van der Waals surface area contributed by atoms with Gasteiger partial charge in [0, 0.05) is 32.0 Å². The number of hydrogen-bond donors (Lipinski definition) is 1. The maximum absolute atomic E-state index is 11.9. The van der Waals surface area contributed by atoms with Crippen molar-refractivity contribution >= 4 is 23.2 Å². The molecule has 0 bridgehead atoms. The van der Waals surface area contributed by atoms with Crippen LogP contribution in [0, 0.1) is 5.92 Å². The molecule has 0 saturated carbocycles. The van der Waals surface area contributed by atoms with Crippen molar-refractivity contribution in [3.8, 4) is 0 Å². The summed E-state index contributed by atoms with van der Waals surface area (Å²) in [6.07, 6.45) is 5.66. The highest BCUT2D eigenvalue weighted by Crippen LogP contribution is 2.19. The molecule has 0 unspecified atom stereocenters. The number of aromatic nitrogens is 2. The molecule has 0 radical (unpaired) electrons. The van der Waals surface area contributed by atoms with Crippen LogP contribution in [0.15, 0.2) is 36.0 Å². The quantitative estimate of drug-likeness (QED) is 0.940. The number of nitrogens with zero attached hydrogens (tertiary/aromatic N) is 3. The summed E-state index contributed by atoms with van der Waals surface area (Å²) in [5, 5.41) is 4.95. The third-order valence-electron chi connectivity index (χ3n) is 3.75. The Labute approximate surface area is 128 Å². The Balaban J connectivity index is 1.45. The largest absolute Gasteiger partial charge is 0.351 e. The first-order valence-corrected chi connectivity index (χ1v) is 8.04. The number of thiophene rings is 1. The Hall–Kier alpha value is -1.95. The second-order valence-electron chi connectivity index (χ2n) is 5.17. The molecule has 0 atom stereocenters. The van der Waals surface area contributed by atoms with Crippen LogP contribution in [0.3, 0.4) is 0 Å². The minimum absolute atomic E-state index is 0.0406. The first-order valence-electron chi connectivity index (χ1n) is 7.16. The molecule has 3 rings (SSSR count). The third kappa shape index (κ3) is 3.58. The fourth-order valence-electron chi connectivity index (χ4n) is 2.52. The topological polar surface area (TPSA) is 58.1 Å². The van der Waals surface area contributed by atoms with Gasteiger partial charge in [-0.15, -0.1) is 11.3 Å². The number of carbonyl (C=O) groups excluding carboxylic acids is 1.